The number of halogens is 2. The number of fused-ring (bicyclic) bond motifs is 1. The number of nitrogens with one attached hydrogen (secondary N) is 1. The van der Waals surface area contributed by atoms with Gasteiger partial charge in [-0.25, -0.2) is 8.78 Å². The fourth-order valence-corrected chi connectivity index (χ4v) is 4.42. The molecule has 0 radical (unpaired) electrons. The zero-order chi connectivity index (χ0) is 22.5. The molecule has 8 heteroatoms. The molecular weight excluding hydrogens is 430 g/mol. The van der Waals surface area contributed by atoms with Gasteiger partial charge in [0.15, 0.2) is 5.11 Å². The molecule has 170 valence electrons. The van der Waals surface area contributed by atoms with Crippen LogP contribution >= 0.6 is 12.2 Å². The number of morpholine rings is 1. The summed E-state index contributed by atoms with van der Waals surface area (Å²) in [7, 11) is 2.03. The highest BCUT2D eigenvalue weighted by Crippen LogP contribution is 2.23. The maximum absolute atomic E-state index is 13.7. The number of thiocarbonyl (C=S) groups is 1. The van der Waals surface area contributed by atoms with Crippen LogP contribution in [0.1, 0.15) is 12.0 Å². The number of para-hydroxylation sites is 1. The smallest absolute Gasteiger partial charge is 0.173 e. The lowest BCUT2D eigenvalue weighted by molar-refractivity contribution is 0.0368. The van der Waals surface area contributed by atoms with Crippen molar-refractivity contribution >= 4 is 33.9 Å². The average Bonchev–Trinajstić information content (AvgIpc) is 3.08. The number of hydrogen-bond donors (Lipinski definition) is 1. The third kappa shape index (κ3) is 5.62. The van der Waals surface area contributed by atoms with Crippen molar-refractivity contribution in [1.82, 2.24) is 14.4 Å². The van der Waals surface area contributed by atoms with Crippen molar-refractivity contribution in [2.75, 3.05) is 44.7 Å². The first-order chi connectivity index (χ1) is 15.5. The fraction of sp³-hybridized carbons (Fsp3) is 0.375. The summed E-state index contributed by atoms with van der Waals surface area (Å²) in [6, 6.07) is 11.6. The normalized spacial score (nSPS) is 14.6. The monoisotopic (exact) mass is 458 g/mol. The van der Waals surface area contributed by atoms with Gasteiger partial charge in [0.25, 0.3) is 0 Å². The number of hydrogen-bond acceptors (Lipinski definition) is 3. The molecule has 0 atom stereocenters. The molecule has 2 heterocycles. The van der Waals surface area contributed by atoms with Crippen molar-refractivity contribution in [3.8, 4) is 0 Å². The summed E-state index contributed by atoms with van der Waals surface area (Å²) in [5.74, 6) is -1.27. The summed E-state index contributed by atoms with van der Waals surface area (Å²) in [5.41, 5.74) is 2.62. The van der Waals surface area contributed by atoms with E-state index in [4.69, 9.17) is 17.0 Å². The first kappa shape index (κ1) is 22.6. The Bertz CT molecular complexity index is 1060. The van der Waals surface area contributed by atoms with E-state index in [9.17, 15) is 8.78 Å². The number of aryl methyl sites for hydroxylation is 1. The zero-order valence-electron chi connectivity index (χ0n) is 18.2. The summed E-state index contributed by atoms with van der Waals surface area (Å²) in [4.78, 5) is 4.46. The largest absolute Gasteiger partial charge is 0.379 e. The Morgan fingerprint density at radius 1 is 1.12 bits per heavy atom. The topological polar surface area (TPSA) is 32.7 Å². The Hall–Kier alpha value is -2.55. The lowest BCUT2D eigenvalue weighted by Gasteiger charge is -2.29. The highest BCUT2D eigenvalue weighted by atomic mass is 32.1. The molecule has 1 N–H and O–H groups in total. The van der Waals surface area contributed by atoms with Gasteiger partial charge in [0.1, 0.15) is 11.6 Å². The van der Waals surface area contributed by atoms with Gasteiger partial charge in [0.2, 0.25) is 0 Å². The van der Waals surface area contributed by atoms with Gasteiger partial charge in [-0.3, -0.25) is 4.90 Å². The molecule has 0 amide bonds. The molecule has 1 fully saturated rings. The molecule has 0 aliphatic carbocycles. The number of benzene rings is 2. The van der Waals surface area contributed by atoms with Gasteiger partial charge in [-0.15, -0.1) is 0 Å². The summed E-state index contributed by atoms with van der Waals surface area (Å²) in [5, 5.41) is 4.65. The molecule has 5 nitrogen and oxygen atoms in total. The van der Waals surface area contributed by atoms with E-state index >= 15 is 0 Å². The minimum Gasteiger partial charge on any atom is -0.379 e. The van der Waals surface area contributed by atoms with E-state index in [1.54, 1.807) is 0 Å². The highest BCUT2D eigenvalue weighted by Gasteiger charge is 2.16. The van der Waals surface area contributed by atoms with Crippen LogP contribution in [0.2, 0.25) is 0 Å². The molecule has 0 bridgehead atoms. The first-order valence-electron chi connectivity index (χ1n) is 10.8. The number of rotatable bonds is 7. The summed E-state index contributed by atoms with van der Waals surface area (Å²) < 4.78 is 34.8. The van der Waals surface area contributed by atoms with E-state index in [0.717, 1.165) is 63.0 Å². The molecule has 1 aliphatic rings. The maximum atomic E-state index is 13.7. The Morgan fingerprint density at radius 3 is 2.59 bits per heavy atom. The van der Waals surface area contributed by atoms with E-state index in [-0.39, 0.29) is 0 Å². The third-order valence-electron chi connectivity index (χ3n) is 5.75. The quantitative estimate of drug-likeness (QED) is 0.532. The van der Waals surface area contributed by atoms with Gasteiger partial charge in [0.05, 0.1) is 13.2 Å². The molecule has 3 aromatic rings. The fourth-order valence-electron chi connectivity index (χ4n) is 4.15. The molecule has 0 unspecified atom stereocenters. The number of anilines is 1. The summed E-state index contributed by atoms with van der Waals surface area (Å²) >= 11 is 5.67. The van der Waals surface area contributed by atoms with Crippen LogP contribution in [-0.2, 0) is 18.3 Å². The third-order valence-corrected chi connectivity index (χ3v) is 6.11. The second kappa shape index (κ2) is 10.4. The predicted octanol–water partition coefficient (Wildman–Crippen LogP) is 4.38. The van der Waals surface area contributed by atoms with Crippen molar-refractivity contribution in [2.24, 2.45) is 7.05 Å². The van der Waals surface area contributed by atoms with Crippen LogP contribution in [0.3, 0.4) is 0 Å². The van der Waals surface area contributed by atoms with Crippen LogP contribution in [0.5, 0.6) is 0 Å². The van der Waals surface area contributed by atoms with Gasteiger partial charge in [-0.1, -0.05) is 18.2 Å². The molecule has 0 saturated carbocycles. The Morgan fingerprint density at radius 2 is 1.84 bits per heavy atom. The Kier molecular flexibility index (Phi) is 7.34. The van der Waals surface area contributed by atoms with Gasteiger partial charge in [0, 0.05) is 68.6 Å². The van der Waals surface area contributed by atoms with Crippen molar-refractivity contribution < 1.29 is 13.5 Å². The SMILES string of the molecule is Cn1cc(CN(CCCN2CCOCC2)C(=S)Nc2cc(F)cc(F)c2)c2ccccc21. The summed E-state index contributed by atoms with van der Waals surface area (Å²) in [6.07, 6.45) is 3.04. The van der Waals surface area contributed by atoms with Crippen LogP contribution < -0.4 is 5.32 Å². The van der Waals surface area contributed by atoms with Crippen molar-refractivity contribution in [1.29, 1.82) is 0 Å². The molecule has 2 aromatic carbocycles. The van der Waals surface area contributed by atoms with E-state index < -0.39 is 11.6 Å². The lowest BCUT2D eigenvalue weighted by atomic mass is 10.1. The van der Waals surface area contributed by atoms with E-state index in [2.05, 4.69) is 38.0 Å². The highest BCUT2D eigenvalue weighted by molar-refractivity contribution is 7.80. The first-order valence-corrected chi connectivity index (χ1v) is 11.3. The molecular formula is C24H28F2N4OS. The van der Waals surface area contributed by atoms with E-state index in [1.807, 2.05) is 19.2 Å². The minimum absolute atomic E-state index is 0.309. The van der Waals surface area contributed by atoms with Gasteiger partial charge in [-0.2, -0.15) is 0 Å². The molecule has 32 heavy (non-hydrogen) atoms. The molecule has 1 aliphatic heterocycles. The average molecular weight is 459 g/mol. The summed E-state index contributed by atoms with van der Waals surface area (Å²) in [6.45, 7) is 5.70. The number of nitrogens with zero attached hydrogens (tertiary/aromatic N) is 3. The molecule has 4 rings (SSSR count). The maximum Gasteiger partial charge on any atom is 0.173 e. The number of ether oxygens (including phenoxy) is 1. The van der Waals surface area contributed by atoms with Crippen molar-refractivity contribution in [3.63, 3.8) is 0 Å². The van der Waals surface area contributed by atoms with Crippen LogP contribution in [-0.4, -0.2) is 58.9 Å². The Labute approximate surface area is 192 Å². The predicted molar refractivity (Wildman–Crippen MR) is 128 cm³/mol. The van der Waals surface area contributed by atoms with E-state index in [1.165, 1.54) is 17.5 Å². The standard InChI is InChI=1S/C24H28F2N4OS/c1-28-16-18(22-5-2-3-6-23(22)28)17-30(8-4-7-29-9-11-31-12-10-29)24(32)27-21-14-19(25)13-20(26)15-21/h2-3,5-6,13-16H,4,7-12,17H2,1H3,(H,27,32). The van der Waals surface area contributed by atoms with Crippen LogP contribution in [0.15, 0.2) is 48.7 Å². The van der Waals surface area contributed by atoms with Crippen molar-refractivity contribution in [3.05, 3.63) is 65.9 Å². The molecule has 1 aromatic heterocycles. The molecule has 0 spiro atoms. The Balaban J connectivity index is 1.50. The van der Waals surface area contributed by atoms with Gasteiger partial charge < -0.3 is 19.5 Å². The van der Waals surface area contributed by atoms with Gasteiger partial charge >= 0.3 is 0 Å². The van der Waals surface area contributed by atoms with Crippen molar-refractivity contribution in [2.45, 2.75) is 13.0 Å². The minimum atomic E-state index is -0.636. The second-order valence-corrected chi connectivity index (χ2v) is 8.49. The number of aromatic nitrogens is 1. The second-order valence-electron chi connectivity index (χ2n) is 8.10. The van der Waals surface area contributed by atoms with Crippen LogP contribution in [0.4, 0.5) is 14.5 Å². The van der Waals surface area contributed by atoms with Gasteiger partial charge in [-0.05, 0) is 42.4 Å². The van der Waals surface area contributed by atoms with Crippen LogP contribution in [0.25, 0.3) is 10.9 Å². The zero-order valence-corrected chi connectivity index (χ0v) is 19.0. The van der Waals surface area contributed by atoms with E-state index in [0.29, 0.717) is 17.3 Å². The lowest BCUT2D eigenvalue weighted by Crippen LogP contribution is -2.40. The van der Waals surface area contributed by atoms with Crippen LogP contribution in [0, 0.1) is 11.6 Å². The molecule has 1 saturated heterocycles.